The second-order valence-electron chi connectivity index (χ2n) is 7.96. The molecule has 4 rings (SSSR count). The smallest absolute Gasteiger partial charge is 0.239 e. The van der Waals surface area contributed by atoms with Crippen LogP contribution in [0.5, 0.6) is 0 Å². The SMILES string of the molecule is O=C(CN1CCN(C(=O)C2CCN(c3ccc(Cl)cc3)C2=O)CC1)Nc1ccc(F)cc1. The van der Waals surface area contributed by atoms with Gasteiger partial charge in [-0.2, -0.15) is 0 Å². The van der Waals surface area contributed by atoms with Gasteiger partial charge in [-0.1, -0.05) is 11.6 Å². The Labute approximate surface area is 190 Å². The molecule has 0 aromatic heterocycles. The summed E-state index contributed by atoms with van der Waals surface area (Å²) < 4.78 is 13.0. The molecule has 2 saturated heterocycles. The number of amides is 3. The molecule has 3 amide bonds. The molecule has 2 aliphatic rings. The van der Waals surface area contributed by atoms with Crippen LogP contribution in [0.15, 0.2) is 48.5 Å². The zero-order valence-electron chi connectivity index (χ0n) is 17.5. The fraction of sp³-hybridized carbons (Fsp3) is 0.348. The Balaban J connectivity index is 1.26. The minimum atomic E-state index is -0.668. The molecule has 32 heavy (non-hydrogen) atoms. The Morgan fingerprint density at radius 2 is 1.62 bits per heavy atom. The summed E-state index contributed by atoms with van der Waals surface area (Å²) in [4.78, 5) is 43.3. The second kappa shape index (κ2) is 9.67. The van der Waals surface area contributed by atoms with Crippen molar-refractivity contribution in [2.45, 2.75) is 6.42 Å². The highest BCUT2D eigenvalue weighted by Gasteiger charge is 2.40. The lowest BCUT2D eigenvalue weighted by Gasteiger charge is -2.35. The molecule has 0 saturated carbocycles. The molecule has 2 aliphatic heterocycles. The van der Waals surface area contributed by atoms with Crippen molar-refractivity contribution in [1.82, 2.24) is 9.80 Å². The van der Waals surface area contributed by atoms with Crippen LogP contribution < -0.4 is 10.2 Å². The summed E-state index contributed by atoms with van der Waals surface area (Å²) in [6.45, 7) is 2.71. The van der Waals surface area contributed by atoms with Crippen molar-refractivity contribution in [2.24, 2.45) is 5.92 Å². The van der Waals surface area contributed by atoms with E-state index in [9.17, 15) is 18.8 Å². The van der Waals surface area contributed by atoms with E-state index in [1.807, 2.05) is 4.90 Å². The van der Waals surface area contributed by atoms with Crippen LogP contribution in [-0.4, -0.2) is 66.8 Å². The van der Waals surface area contributed by atoms with Crippen LogP contribution in [0.4, 0.5) is 15.8 Å². The number of anilines is 2. The first kappa shape index (κ1) is 22.2. The number of rotatable bonds is 5. The predicted molar refractivity (Wildman–Crippen MR) is 120 cm³/mol. The maximum Gasteiger partial charge on any atom is 0.239 e. The van der Waals surface area contributed by atoms with E-state index in [0.29, 0.717) is 49.9 Å². The molecule has 9 heteroatoms. The van der Waals surface area contributed by atoms with Gasteiger partial charge in [0.2, 0.25) is 17.7 Å². The van der Waals surface area contributed by atoms with Gasteiger partial charge in [0.25, 0.3) is 0 Å². The van der Waals surface area contributed by atoms with Crippen LogP contribution in [0.2, 0.25) is 5.02 Å². The third-order valence-corrected chi connectivity index (χ3v) is 6.07. The van der Waals surface area contributed by atoms with Crippen molar-refractivity contribution in [3.05, 3.63) is 59.4 Å². The lowest BCUT2D eigenvalue weighted by molar-refractivity contribution is -0.141. The van der Waals surface area contributed by atoms with Gasteiger partial charge in [0, 0.05) is 49.1 Å². The van der Waals surface area contributed by atoms with Gasteiger partial charge >= 0.3 is 0 Å². The van der Waals surface area contributed by atoms with Crippen LogP contribution in [-0.2, 0) is 14.4 Å². The summed E-state index contributed by atoms with van der Waals surface area (Å²) in [5.41, 5.74) is 1.28. The zero-order valence-corrected chi connectivity index (χ0v) is 18.2. The maximum atomic E-state index is 13.0. The van der Waals surface area contributed by atoms with E-state index in [1.165, 1.54) is 24.3 Å². The van der Waals surface area contributed by atoms with E-state index in [-0.39, 0.29) is 30.1 Å². The number of nitrogens with zero attached hydrogens (tertiary/aromatic N) is 3. The third-order valence-electron chi connectivity index (χ3n) is 5.82. The largest absolute Gasteiger partial charge is 0.339 e. The van der Waals surface area contributed by atoms with Crippen LogP contribution in [0.25, 0.3) is 0 Å². The summed E-state index contributed by atoms with van der Waals surface area (Å²) in [5, 5.41) is 3.33. The van der Waals surface area contributed by atoms with Crippen molar-refractivity contribution < 1.29 is 18.8 Å². The lowest BCUT2D eigenvalue weighted by atomic mass is 10.1. The minimum absolute atomic E-state index is 0.151. The average Bonchev–Trinajstić information content (AvgIpc) is 3.17. The van der Waals surface area contributed by atoms with E-state index in [0.717, 1.165) is 5.69 Å². The zero-order chi connectivity index (χ0) is 22.7. The molecular weight excluding hydrogens is 435 g/mol. The minimum Gasteiger partial charge on any atom is -0.339 e. The topological polar surface area (TPSA) is 73.0 Å². The lowest BCUT2D eigenvalue weighted by Crippen LogP contribution is -2.52. The van der Waals surface area contributed by atoms with Crippen molar-refractivity contribution >= 4 is 40.7 Å². The first-order chi connectivity index (χ1) is 15.4. The van der Waals surface area contributed by atoms with Gasteiger partial charge in [0.05, 0.1) is 6.54 Å². The highest BCUT2D eigenvalue weighted by Crippen LogP contribution is 2.28. The molecule has 0 aliphatic carbocycles. The fourth-order valence-electron chi connectivity index (χ4n) is 4.07. The average molecular weight is 459 g/mol. The normalized spacial score (nSPS) is 19.3. The predicted octanol–water partition coefficient (Wildman–Crippen LogP) is 2.61. The Morgan fingerprint density at radius 3 is 2.28 bits per heavy atom. The van der Waals surface area contributed by atoms with Crippen LogP contribution >= 0.6 is 11.6 Å². The van der Waals surface area contributed by atoms with E-state index in [4.69, 9.17) is 11.6 Å². The first-order valence-corrected chi connectivity index (χ1v) is 10.9. The number of halogens is 2. The number of carbonyl (C=O) groups excluding carboxylic acids is 3. The molecular formula is C23H24ClFN4O3. The van der Waals surface area contributed by atoms with Gasteiger partial charge in [0.1, 0.15) is 11.7 Å². The highest BCUT2D eigenvalue weighted by molar-refractivity contribution is 6.30. The number of hydrogen-bond acceptors (Lipinski definition) is 4. The number of piperazine rings is 1. The molecule has 168 valence electrons. The summed E-state index contributed by atoms with van der Waals surface area (Å²) >= 11 is 5.92. The summed E-state index contributed by atoms with van der Waals surface area (Å²) in [7, 11) is 0. The van der Waals surface area contributed by atoms with Gasteiger partial charge in [-0.25, -0.2) is 4.39 Å². The molecule has 0 bridgehead atoms. The molecule has 2 fully saturated rings. The maximum absolute atomic E-state index is 13.0. The van der Waals surface area contributed by atoms with Gasteiger partial charge in [-0.05, 0) is 55.0 Å². The summed E-state index contributed by atoms with van der Waals surface area (Å²) in [5.74, 6) is -1.55. The van der Waals surface area contributed by atoms with Gasteiger partial charge in [-0.3, -0.25) is 19.3 Å². The molecule has 1 unspecified atom stereocenters. The molecule has 0 radical (unpaired) electrons. The van der Waals surface area contributed by atoms with Gasteiger partial charge < -0.3 is 15.1 Å². The van der Waals surface area contributed by atoms with Crippen molar-refractivity contribution in [3.8, 4) is 0 Å². The molecule has 2 aromatic rings. The second-order valence-corrected chi connectivity index (χ2v) is 8.40. The van der Waals surface area contributed by atoms with Crippen molar-refractivity contribution in [2.75, 3.05) is 49.5 Å². The van der Waals surface area contributed by atoms with E-state index < -0.39 is 5.92 Å². The monoisotopic (exact) mass is 458 g/mol. The number of benzene rings is 2. The Hall–Kier alpha value is -2.97. The van der Waals surface area contributed by atoms with E-state index in [1.54, 1.807) is 34.1 Å². The summed E-state index contributed by atoms with van der Waals surface area (Å²) in [6, 6.07) is 12.6. The molecule has 0 spiro atoms. The van der Waals surface area contributed by atoms with Crippen molar-refractivity contribution in [3.63, 3.8) is 0 Å². The number of carbonyl (C=O) groups is 3. The fourth-order valence-corrected chi connectivity index (χ4v) is 4.20. The molecule has 1 N–H and O–H groups in total. The molecule has 7 nitrogen and oxygen atoms in total. The first-order valence-electron chi connectivity index (χ1n) is 10.5. The van der Waals surface area contributed by atoms with Crippen LogP contribution in [0.3, 0.4) is 0 Å². The van der Waals surface area contributed by atoms with Gasteiger partial charge in [-0.15, -0.1) is 0 Å². The third kappa shape index (κ3) is 5.08. The highest BCUT2D eigenvalue weighted by atomic mass is 35.5. The standard InChI is InChI=1S/C23H24ClFN4O3/c24-16-1-7-19(8-2-16)29-10-9-20(23(29)32)22(31)28-13-11-27(12-14-28)15-21(30)26-18-5-3-17(25)4-6-18/h1-8,20H,9-15H2,(H,26,30). The molecule has 2 aromatic carbocycles. The number of hydrogen-bond donors (Lipinski definition) is 1. The van der Waals surface area contributed by atoms with Crippen molar-refractivity contribution in [1.29, 1.82) is 0 Å². The Bertz CT molecular complexity index is 991. The van der Waals surface area contributed by atoms with Gasteiger partial charge in [0.15, 0.2) is 0 Å². The molecule has 1 atom stereocenters. The Morgan fingerprint density at radius 1 is 0.969 bits per heavy atom. The summed E-state index contributed by atoms with van der Waals surface area (Å²) in [6.07, 6.45) is 0.487. The molecule has 2 heterocycles. The number of nitrogens with one attached hydrogen (secondary N) is 1. The van der Waals surface area contributed by atoms with E-state index in [2.05, 4.69) is 5.32 Å². The van der Waals surface area contributed by atoms with Crippen LogP contribution in [0, 0.1) is 11.7 Å². The quantitative estimate of drug-likeness (QED) is 0.699. The van der Waals surface area contributed by atoms with E-state index >= 15 is 0 Å². The van der Waals surface area contributed by atoms with Crippen LogP contribution in [0.1, 0.15) is 6.42 Å². The Kier molecular flexibility index (Phi) is 6.72.